The summed E-state index contributed by atoms with van der Waals surface area (Å²) in [6, 6.07) is 4.06. The van der Waals surface area contributed by atoms with Gasteiger partial charge in [0.15, 0.2) is 0 Å². The summed E-state index contributed by atoms with van der Waals surface area (Å²) < 4.78 is 5.94. The first kappa shape index (κ1) is 16.9. The third-order valence-corrected chi connectivity index (χ3v) is 5.92. The molecule has 142 valence electrons. The molecule has 0 aromatic carbocycles. The van der Waals surface area contributed by atoms with E-state index in [-0.39, 0.29) is 5.56 Å². The second-order valence-corrected chi connectivity index (χ2v) is 8.14. The van der Waals surface area contributed by atoms with Gasteiger partial charge in [0, 0.05) is 44.2 Å². The first-order chi connectivity index (χ1) is 13.2. The van der Waals surface area contributed by atoms with Gasteiger partial charge in [-0.2, -0.15) is 0 Å². The molecule has 2 aromatic rings. The molecule has 0 atom stereocenters. The van der Waals surface area contributed by atoms with Gasteiger partial charge < -0.3 is 9.72 Å². The molecule has 0 radical (unpaired) electrons. The van der Waals surface area contributed by atoms with Gasteiger partial charge in [-0.05, 0) is 44.1 Å². The van der Waals surface area contributed by atoms with Crippen LogP contribution in [0.5, 0.6) is 5.88 Å². The Kier molecular flexibility index (Phi) is 4.44. The molecule has 6 heteroatoms. The summed E-state index contributed by atoms with van der Waals surface area (Å²) in [7, 11) is 0. The van der Waals surface area contributed by atoms with E-state index in [0.717, 1.165) is 73.7 Å². The van der Waals surface area contributed by atoms with Crippen LogP contribution in [0.15, 0.2) is 23.1 Å². The Balaban J connectivity index is 1.23. The van der Waals surface area contributed by atoms with Gasteiger partial charge in [0.1, 0.15) is 11.9 Å². The predicted molar refractivity (Wildman–Crippen MR) is 102 cm³/mol. The van der Waals surface area contributed by atoms with E-state index in [0.29, 0.717) is 18.6 Å². The number of aromatic amines is 1. The largest absolute Gasteiger partial charge is 0.474 e. The van der Waals surface area contributed by atoms with Gasteiger partial charge >= 0.3 is 0 Å². The molecule has 3 aliphatic rings. The molecule has 0 spiro atoms. The summed E-state index contributed by atoms with van der Waals surface area (Å²) >= 11 is 0. The fourth-order valence-electron chi connectivity index (χ4n) is 4.19. The molecule has 0 unspecified atom stereocenters. The van der Waals surface area contributed by atoms with E-state index in [1.165, 1.54) is 12.8 Å². The minimum absolute atomic E-state index is 0.0463. The number of H-pyrrole nitrogens is 1. The zero-order valence-electron chi connectivity index (χ0n) is 15.6. The van der Waals surface area contributed by atoms with Gasteiger partial charge in [-0.3, -0.25) is 9.69 Å². The van der Waals surface area contributed by atoms with Crippen LogP contribution in [0.3, 0.4) is 0 Å². The summed E-state index contributed by atoms with van der Waals surface area (Å²) in [5.41, 5.74) is 3.02. The van der Waals surface area contributed by atoms with Crippen molar-refractivity contribution in [3.8, 4) is 5.88 Å². The first-order valence-corrected chi connectivity index (χ1v) is 10.2. The molecule has 0 amide bonds. The SMILES string of the molecule is O=c1[nH]c(C2CC2)nc2c1CN(Cc1ccc(OC3CCCC3)nc1)CC2. The van der Waals surface area contributed by atoms with Crippen molar-refractivity contribution in [2.24, 2.45) is 0 Å². The van der Waals surface area contributed by atoms with Crippen molar-refractivity contribution in [2.75, 3.05) is 6.54 Å². The number of hydrogen-bond acceptors (Lipinski definition) is 5. The van der Waals surface area contributed by atoms with Gasteiger partial charge in [-0.1, -0.05) is 6.07 Å². The highest BCUT2D eigenvalue weighted by molar-refractivity contribution is 5.24. The number of ether oxygens (including phenoxy) is 1. The van der Waals surface area contributed by atoms with Gasteiger partial charge in [0.25, 0.3) is 5.56 Å². The van der Waals surface area contributed by atoms with Crippen LogP contribution < -0.4 is 10.3 Å². The maximum atomic E-state index is 12.5. The fraction of sp³-hybridized carbons (Fsp3) is 0.571. The Morgan fingerprint density at radius 3 is 2.78 bits per heavy atom. The topological polar surface area (TPSA) is 71.1 Å². The van der Waals surface area contributed by atoms with Gasteiger partial charge in [0.2, 0.25) is 5.88 Å². The summed E-state index contributed by atoms with van der Waals surface area (Å²) in [6.45, 7) is 2.37. The second kappa shape index (κ2) is 7.08. The highest BCUT2D eigenvalue weighted by atomic mass is 16.5. The molecular formula is C21H26N4O2. The van der Waals surface area contributed by atoms with Crippen LogP contribution in [0.4, 0.5) is 0 Å². The molecule has 1 N–H and O–H groups in total. The standard InChI is InChI=1S/C21H26N4O2/c26-21-17-13-25(10-9-18(17)23-20(24-21)15-6-7-15)12-14-5-8-19(22-11-14)27-16-3-1-2-4-16/h5,8,11,15-16H,1-4,6-7,9-10,12-13H2,(H,23,24,26). The molecule has 0 bridgehead atoms. The van der Waals surface area contributed by atoms with Crippen LogP contribution in [0.25, 0.3) is 0 Å². The smallest absolute Gasteiger partial charge is 0.255 e. The Hall–Kier alpha value is -2.21. The average molecular weight is 366 g/mol. The van der Waals surface area contributed by atoms with Crippen LogP contribution in [-0.2, 0) is 19.5 Å². The highest BCUT2D eigenvalue weighted by Gasteiger charge is 2.29. The third-order valence-electron chi connectivity index (χ3n) is 5.92. The normalized spacial score (nSPS) is 20.6. The zero-order chi connectivity index (χ0) is 18.2. The Labute approximate surface area is 159 Å². The van der Waals surface area contributed by atoms with E-state index >= 15 is 0 Å². The van der Waals surface area contributed by atoms with E-state index in [9.17, 15) is 4.79 Å². The molecule has 1 aliphatic heterocycles. The molecule has 2 aliphatic carbocycles. The molecular weight excluding hydrogens is 340 g/mol. The Bertz CT molecular complexity index is 867. The van der Waals surface area contributed by atoms with Crippen molar-refractivity contribution < 1.29 is 4.74 Å². The maximum absolute atomic E-state index is 12.5. The number of nitrogens with one attached hydrogen (secondary N) is 1. The minimum atomic E-state index is 0.0463. The van der Waals surface area contributed by atoms with Gasteiger partial charge in [-0.25, -0.2) is 9.97 Å². The molecule has 27 heavy (non-hydrogen) atoms. The van der Waals surface area contributed by atoms with Crippen molar-refractivity contribution in [3.05, 3.63) is 51.3 Å². The zero-order valence-corrected chi connectivity index (χ0v) is 15.6. The van der Waals surface area contributed by atoms with Gasteiger partial charge in [-0.15, -0.1) is 0 Å². The first-order valence-electron chi connectivity index (χ1n) is 10.2. The highest BCUT2D eigenvalue weighted by Crippen LogP contribution is 2.37. The summed E-state index contributed by atoms with van der Waals surface area (Å²) in [6.07, 6.45) is 10.2. The van der Waals surface area contributed by atoms with Crippen molar-refractivity contribution in [1.82, 2.24) is 19.9 Å². The lowest BCUT2D eigenvalue weighted by Crippen LogP contribution is -2.35. The van der Waals surface area contributed by atoms with E-state index in [1.54, 1.807) is 0 Å². The van der Waals surface area contributed by atoms with E-state index in [1.807, 2.05) is 12.3 Å². The molecule has 2 aromatic heterocycles. The van der Waals surface area contributed by atoms with E-state index in [4.69, 9.17) is 9.72 Å². The van der Waals surface area contributed by atoms with Crippen molar-refractivity contribution in [1.29, 1.82) is 0 Å². The molecule has 2 fully saturated rings. The lowest BCUT2D eigenvalue weighted by atomic mass is 10.1. The quantitative estimate of drug-likeness (QED) is 0.881. The van der Waals surface area contributed by atoms with Crippen LogP contribution in [-0.4, -0.2) is 32.5 Å². The minimum Gasteiger partial charge on any atom is -0.474 e. The lowest BCUT2D eigenvalue weighted by Gasteiger charge is -2.27. The fourth-order valence-corrected chi connectivity index (χ4v) is 4.19. The summed E-state index contributed by atoms with van der Waals surface area (Å²) in [5.74, 6) is 2.11. The predicted octanol–water partition coefficient (Wildman–Crippen LogP) is 2.92. The van der Waals surface area contributed by atoms with Crippen molar-refractivity contribution in [2.45, 2.75) is 70.1 Å². The maximum Gasteiger partial charge on any atom is 0.255 e. The average Bonchev–Trinajstić information content (AvgIpc) is 3.41. The van der Waals surface area contributed by atoms with Crippen LogP contribution in [0.1, 0.15) is 67.1 Å². The molecule has 0 saturated heterocycles. The number of pyridine rings is 1. The van der Waals surface area contributed by atoms with E-state index < -0.39 is 0 Å². The van der Waals surface area contributed by atoms with Crippen LogP contribution in [0.2, 0.25) is 0 Å². The summed E-state index contributed by atoms with van der Waals surface area (Å²) in [5, 5.41) is 0. The number of nitrogens with zero attached hydrogens (tertiary/aromatic N) is 3. The monoisotopic (exact) mass is 366 g/mol. The van der Waals surface area contributed by atoms with Crippen LogP contribution >= 0.6 is 0 Å². The van der Waals surface area contributed by atoms with Crippen LogP contribution in [0, 0.1) is 0 Å². The van der Waals surface area contributed by atoms with Crippen molar-refractivity contribution in [3.63, 3.8) is 0 Å². The van der Waals surface area contributed by atoms with E-state index in [2.05, 4.69) is 20.9 Å². The number of aromatic nitrogens is 3. The third kappa shape index (κ3) is 3.76. The van der Waals surface area contributed by atoms with Crippen molar-refractivity contribution >= 4 is 0 Å². The molecule has 3 heterocycles. The number of hydrogen-bond donors (Lipinski definition) is 1. The Morgan fingerprint density at radius 2 is 2.04 bits per heavy atom. The molecule has 2 saturated carbocycles. The molecule has 6 nitrogen and oxygen atoms in total. The summed E-state index contributed by atoms with van der Waals surface area (Å²) in [4.78, 5) is 27.0. The van der Waals surface area contributed by atoms with Gasteiger partial charge in [0.05, 0.1) is 11.3 Å². The molecule has 5 rings (SSSR count). The second-order valence-electron chi connectivity index (χ2n) is 8.14. The number of rotatable bonds is 5. The number of fused-ring (bicyclic) bond motifs is 1. The lowest BCUT2D eigenvalue weighted by molar-refractivity contribution is 0.201. The Morgan fingerprint density at radius 1 is 1.19 bits per heavy atom.